The van der Waals surface area contributed by atoms with Crippen LogP contribution in [0.15, 0.2) is 30.5 Å². The number of carbonyl (C=O) groups is 3. The molecule has 1 amide bonds. The Kier molecular flexibility index (Phi) is 10.4. The maximum Gasteiger partial charge on any atom is 0.410 e. The first-order valence-corrected chi connectivity index (χ1v) is 11.8. The van der Waals surface area contributed by atoms with Gasteiger partial charge < -0.3 is 19.5 Å². The van der Waals surface area contributed by atoms with Crippen molar-refractivity contribution in [2.75, 3.05) is 6.54 Å². The minimum absolute atomic E-state index is 0.0667. The van der Waals surface area contributed by atoms with E-state index in [1.807, 2.05) is 0 Å². The van der Waals surface area contributed by atoms with Crippen LogP contribution in [0, 0.1) is 13.5 Å². The van der Waals surface area contributed by atoms with Crippen molar-refractivity contribution in [3.63, 3.8) is 0 Å². The number of nitrogens with zero attached hydrogens (tertiary/aromatic N) is 3. The third-order valence-corrected chi connectivity index (χ3v) is 5.24. The Labute approximate surface area is 211 Å². The molecule has 0 aliphatic carbocycles. The molecule has 0 spiro atoms. The van der Waals surface area contributed by atoms with Crippen LogP contribution in [0.25, 0.3) is 4.85 Å². The van der Waals surface area contributed by atoms with E-state index in [9.17, 15) is 14.4 Å². The molecule has 2 aromatic rings. The van der Waals surface area contributed by atoms with Crippen molar-refractivity contribution in [2.45, 2.75) is 72.1 Å². The predicted molar refractivity (Wildman–Crippen MR) is 134 cm³/mol. The molecule has 0 saturated heterocycles. The zero-order chi connectivity index (χ0) is 26.7. The number of hydrogen-bond acceptors (Lipinski definition) is 6. The molecule has 0 aliphatic rings. The molecule has 0 fully saturated rings. The first-order chi connectivity index (χ1) is 17.0. The number of rotatable bonds is 12. The van der Waals surface area contributed by atoms with Crippen LogP contribution in [0.4, 0.5) is 10.5 Å². The molecule has 36 heavy (non-hydrogen) atoms. The summed E-state index contributed by atoms with van der Waals surface area (Å²) < 4.78 is 11.7. The van der Waals surface area contributed by atoms with Crippen LogP contribution >= 0.6 is 0 Å². The molecule has 1 N–H and O–H groups in total. The summed E-state index contributed by atoms with van der Waals surface area (Å²) in [5, 5.41) is 8.86. The van der Waals surface area contributed by atoms with Gasteiger partial charge in [0, 0.05) is 30.3 Å². The van der Waals surface area contributed by atoms with E-state index < -0.39 is 17.7 Å². The van der Waals surface area contributed by atoms with E-state index in [2.05, 4.69) is 9.83 Å². The van der Waals surface area contributed by atoms with Gasteiger partial charge in [-0.15, -0.1) is 0 Å². The summed E-state index contributed by atoms with van der Waals surface area (Å²) in [5.41, 5.74) is 2.05. The van der Waals surface area contributed by atoms with Gasteiger partial charge in [-0.25, -0.2) is 9.64 Å². The summed E-state index contributed by atoms with van der Waals surface area (Å²) in [4.78, 5) is 44.8. The van der Waals surface area contributed by atoms with Gasteiger partial charge in [0.15, 0.2) is 12.0 Å². The van der Waals surface area contributed by atoms with Crippen molar-refractivity contribution < 1.29 is 29.0 Å². The van der Waals surface area contributed by atoms with Crippen molar-refractivity contribution >= 4 is 24.0 Å². The van der Waals surface area contributed by atoms with Gasteiger partial charge in [0.05, 0.1) is 18.8 Å². The first-order valence-electron chi connectivity index (χ1n) is 11.8. The first kappa shape index (κ1) is 28.3. The quantitative estimate of drug-likeness (QED) is 0.228. The zero-order valence-electron chi connectivity index (χ0n) is 21.2. The summed E-state index contributed by atoms with van der Waals surface area (Å²) in [7, 11) is 0. The molecule has 0 atom stereocenters. The van der Waals surface area contributed by atoms with Gasteiger partial charge in [0.1, 0.15) is 18.0 Å². The largest absolute Gasteiger partial charge is 0.487 e. The second-order valence-electron chi connectivity index (χ2n) is 9.40. The Bertz CT molecular complexity index is 1100. The predicted octanol–water partition coefficient (Wildman–Crippen LogP) is 5.71. The molecular formula is C27H33N3O6. The molecule has 1 aromatic carbocycles. The molecule has 0 saturated carbocycles. The van der Waals surface area contributed by atoms with Crippen molar-refractivity contribution in [1.82, 2.24) is 9.88 Å². The van der Waals surface area contributed by atoms with E-state index in [1.54, 1.807) is 52.0 Å². The van der Waals surface area contributed by atoms with Crippen LogP contribution in [0.1, 0.15) is 73.6 Å². The molecule has 0 aliphatic heterocycles. The average molecular weight is 496 g/mol. The number of aromatic nitrogens is 1. The highest BCUT2D eigenvalue weighted by Crippen LogP contribution is 2.28. The van der Waals surface area contributed by atoms with Crippen LogP contribution in [0.2, 0.25) is 0 Å². The topological polar surface area (TPSA) is 110 Å². The van der Waals surface area contributed by atoms with Crippen molar-refractivity contribution in [1.29, 1.82) is 0 Å². The number of carboxylic acid groups (broad SMARTS) is 1. The lowest BCUT2D eigenvalue weighted by molar-refractivity contribution is -0.137. The maximum absolute atomic E-state index is 13.0. The Morgan fingerprint density at radius 1 is 1.17 bits per heavy atom. The van der Waals surface area contributed by atoms with E-state index in [1.165, 1.54) is 11.1 Å². The van der Waals surface area contributed by atoms with Gasteiger partial charge in [0.25, 0.3) is 0 Å². The number of aliphatic carboxylic acids is 1. The van der Waals surface area contributed by atoms with E-state index >= 15 is 0 Å². The summed E-state index contributed by atoms with van der Waals surface area (Å²) in [6.07, 6.45) is 3.38. The number of carboxylic acids is 1. The number of amides is 1. The van der Waals surface area contributed by atoms with E-state index in [4.69, 9.17) is 21.2 Å². The van der Waals surface area contributed by atoms with Gasteiger partial charge in [-0.2, -0.15) is 0 Å². The Hall–Kier alpha value is -3.93. The van der Waals surface area contributed by atoms with E-state index in [0.29, 0.717) is 60.4 Å². The number of unbranched alkanes of at least 4 members (excludes halogenated alkanes) is 2. The summed E-state index contributed by atoms with van der Waals surface area (Å²) in [6, 6.07) is 7.00. The molecule has 9 heteroatoms. The fourth-order valence-electron chi connectivity index (χ4n) is 3.44. The Morgan fingerprint density at radius 3 is 2.44 bits per heavy atom. The lowest BCUT2D eigenvalue weighted by Crippen LogP contribution is -2.37. The monoisotopic (exact) mass is 495 g/mol. The van der Waals surface area contributed by atoms with Crippen LogP contribution in [-0.4, -0.2) is 45.5 Å². The normalized spacial score (nSPS) is 10.9. The number of benzene rings is 1. The maximum atomic E-state index is 13.0. The van der Waals surface area contributed by atoms with Crippen molar-refractivity contribution in [2.24, 2.45) is 0 Å². The molecular weight excluding hydrogens is 462 g/mol. The minimum Gasteiger partial charge on any atom is -0.487 e. The van der Waals surface area contributed by atoms with Crippen molar-refractivity contribution in [3.8, 4) is 5.75 Å². The molecule has 1 heterocycles. The number of pyridine rings is 1. The Morgan fingerprint density at radius 2 is 1.86 bits per heavy atom. The molecule has 0 radical (unpaired) electrons. The average Bonchev–Trinajstić information content (AvgIpc) is 2.81. The van der Waals surface area contributed by atoms with Gasteiger partial charge in [-0.05, 0) is 46.1 Å². The molecule has 2 rings (SSSR count). The van der Waals surface area contributed by atoms with Gasteiger partial charge >= 0.3 is 12.1 Å². The number of aldehydes is 1. The molecule has 1 aromatic heterocycles. The number of aryl methyl sites for hydroxylation is 1. The molecule has 192 valence electrons. The van der Waals surface area contributed by atoms with Crippen LogP contribution in [0.3, 0.4) is 0 Å². The van der Waals surface area contributed by atoms with Crippen molar-refractivity contribution in [3.05, 3.63) is 64.3 Å². The highest BCUT2D eigenvalue weighted by atomic mass is 16.6. The van der Waals surface area contributed by atoms with E-state index in [0.717, 1.165) is 5.56 Å². The molecule has 9 nitrogen and oxygen atoms in total. The SMILES string of the molecule is [C-]#[N+]c1ccc(COc2c(C)ncc(C=O)c2CN(CCCCCC(=O)O)C(=O)OC(C)(C)C)cc1. The molecule has 0 unspecified atom stereocenters. The lowest BCUT2D eigenvalue weighted by atomic mass is 10.1. The van der Waals surface area contributed by atoms with Gasteiger partial charge in [0.2, 0.25) is 0 Å². The van der Waals surface area contributed by atoms with Crippen LogP contribution in [-0.2, 0) is 22.7 Å². The minimum atomic E-state index is -0.854. The number of hydrogen-bond donors (Lipinski definition) is 1. The van der Waals surface area contributed by atoms with E-state index in [-0.39, 0.29) is 19.6 Å². The Balaban J connectivity index is 2.28. The standard InChI is InChI=1S/C27H33N3O6/c1-19-25(35-18-20-10-12-22(28-5)13-11-20)23(21(17-31)15-29-19)16-30(26(34)36-27(2,3)4)14-8-6-7-9-24(32)33/h10-13,15,17H,6-9,14,16,18H2,1-4H3,(H,32,33). The summed E-state index contributed by atoms with van der Waals surface area (Å²) in [5.74, 6) is -0.444. The zero-order valence-corrected chi connectivity index (χ0v) is 21.2. The smallest absolute Gasteiger partial charge is 0.410 e. The fourth-order valence-corrected chi connectivity index (χ4v) is 3.44. The second-order valence-corrected chi connectivity index (χ2v) is 9.40. The van der Waals surface area contributed by atoms with Crippen LogP contribution < -0.4 is 4.74 Å². The number of carbonyl (C=O) groups excluding carboxylic acids is 2. The summed E-state index contributed by atoms with van der Waals surface area (Å²) >= 11 is 0. The van der Waals surface area contributed by atoms with Gasteiger partial charge in [-0.3, -0.25) is 14.6 Å². The second kappa shape index (κ2) is 13.2. The fraction of sp³-hybridized carbons (Fsp3) is 0.444. The molecule has 0 bridgehead atoms. The lowest BCUT2D eigenvalue weighted by Gasteiger charge is -2.28. The van der Waals surface area contributed by atoms with Gasteiger partial charge in [-0.1, -0.05) is 30.7 Å². The number of ether oxygens (including phenoxy) is 2. The highest BCUT2D eigenvalue weighted by molar-refractivity contribution is 5.79. The third-order valence-electron chi connectivity index (χ3n) is 5.24. The summed E-state index contributed by atoms with van der Waals surface area (Å²) in [6.45, 7) is 14.8. The highest BCUT2D eigenvalue weighted by Gasteiger charge is 2.25. The third kappa shape index (κ3) is 9.02. The van der Waals surface area contributed by atoms with Crippen LogP contribution in [0.5, 0.6) is 5.75 Å².